The Morgan fingerprint density at radius 1 is 1.09 bits per heavy atom. The number of halogens is 1. The van der Waals surface area contributed by atoms with Crippen LogP contribution in [0, 0.1) is 6.92 Å². The summed E-state index contributed by atoms with van der Waals surface area (Å²) in [5, 5.41) is 0. The van der Waals surface area contributed by atoms with Crippen LogP contribution in [-0.4, -0.2) is 43.8 Å². The Balaban J connectivity index is 1.61. The summed E-state index contributed by atoms with van der Waals surface area (Å²) >= 11 is 6.55. The smallest absolute Gasteiger partial charge is 0.252 e. The first kappa shape index (κ1) is 16.6. The van der Waals surface area contributed by atoms with E-state index in [1.165, 1.54) is 16.2 Å². The van der Waals surface area contributed by atoms with Crippen molar-refractivity contribution in [2.75, 3.05) is 26.2 Å². The van der Waals surface area contributed by atoms with Crippen LogP contribution in [0.5, 0.6) is 0 Å². The van der Waals surface area contributed by atoms with E-state index in [2.05, 4.69) is 33.0 Å². The largest absolute Gasteiger partial charge is 0.296 e. The number of sulfonamides is 1. The van der Waals surface area contributed by atoms with E-state index in [0.29, 0.717) is 17.3 Å². The van der Waals surface area contributed by atoms with Crippen LogP contribution >= 0.6 is 38.6 Å². The lowest BCUT2D eigenvalue weighted by Gasteiger charge is -2.33. The second-order valence-corrected chi connectivity index (χ2v) is 11.3. The molecule has 0 amide bonds. The summed E-state index contributed by atoms with van der Waals surface area (Å²) in [6, 6.07) is 7.75. The zero-order valence-corrected chi connectivity index (χ0v) is 16.2. The van der Waals surface area contributed by atoms with E-state index in [1.807, 2.05) is 13.0 Å². The highest BCUT2D eigenvalue weighted by atomic mass is 79.9. The van der Waals surface area contributed by atoms with E-state index in [1.54, 1.807) is 21.7 Å². The number of hydrogen-bond donors (Lipinski definition) is 0. The van der Waals surface area contributed by atoms with E-state index in [-0.39, 0.29) is 0 Å². The quantitative estimate of drug-likeness (QED) is 0.760. The van der Waals surface area contributed by atoms with Crippen LogP contribution in [0.15, 0.2) is 32.3 Å². The average Bonchev–Trinajstić information content (AvgIpc) is 3.09. The Morgan fingerprint density at radius 3 is 2.36 bits per heavy atom. The van der Waals surface area contributed by atoms with E-state index >= 15 is 0 Å². The molecule has 1 fully saturated rings. The zero-order chi connectivity index (χ0) is 15.7. The van der Waals surface area contributed by atoms with Gasteiger partial charge in [-0.2, -0.15) is 4.31 Å². The van der Waals surface area contributed by atoms with Crippen molar-refractivity contribution < 1.29 is 8.42 Å². The SMILES string of the molecule is Cc1ccc(S(=O)(=O)N2CCN(Cc3ccc(Br)s3)CC2)s1. The topological polar surface area (TPSA) is 40.6 Å². The van der Waals surface area contributed by atoms with Gasteiger partial charge < -0.3 is 0 Å². The molecule has 1 saturated heterocycles. The van der Waals surface area contributed by atoms with Gasteiger partial charge in [-0.15, -0.1) is 22.7 Å². The van der Waals surface area contributed by atoms with Gasteiger partial charge in [0, 0.05) is 42.5 Å². The van der Waals surface area contributed by atoms with Crippen molar-refractivity contribution >= 4 is 48.6 Å². The van der Waals surface area contributed by atoms with Crippen molar-refractivity contribution in [1.29, 1.82) is 0 Å². The Labute approximate surface area is 147 Å². The summed E-state index contributed by atoms with van der Waals surface area (Å²) in [5.74, 6) is 0. The van der Waals surface area contributed by atoms with Gasteiger partial charge in [-0.1, -0.05) is 0 Å². The first-order valence-corrected chi connectivity index (χ1v) is 10.8. The highest BCUT2D eigenvalue weighted by Crippen LogP contribution is 2.26. The molecule has 0 N–H and O–H groups in total. The fraction of sp³-hybridized carbons (Fsp3) is 0.429. The molecule has 0 unspecified atom stereocenters. The maximum Gasteiger partial charge on any atom is 0.252 e. The second-order valence-electron chi connectivity index (χ2n) is 5.25. The molecular formula is C14H17BrN2O2S3. The van der Waals surface area contributed by atoms with Gasteiger partial charge in [0.15, 0.2) is 0 Å². The lowest BCUT2D eigenvalue weighted by atomic mass is 10.3. The van der Waals surface area contributed by atoms with Crippen LogP contribution in [0.3, 0.4) is 0 Å². The van der Waals surface area contributed by atoms with Crippen LogP contribution < -0.4 is 0 Å². The summed E-state index contributed by atoms with van der Waals surface area (Å²) in [5.41, 5.74) is 0. The minimum Gasteiger partial charge on any atom is -0.296 e. The van der Waals surface area contributed by atoms with Crippen molar-refractivity contribution in [2.45, 2.75) is 17.7 Å². The molecule has 0 saturated carbocycles. The Kier molecular flexibility index (Phi) is 5.06. The molecule has 0 aromatic carbocycles. The van der Waals surface area contributed by atoms with Crippen LogP contribution in [0.4, 0.5) is 0 Å². The molecule has 3 heterocycles. The first-order valence-electron chi connectivity index (χ1n) is 6.98. The fourth-order valence-electron chi connectivity index (χ4n) is 2.46. The Bertz CT molecular complexity index is 746. The van der Waals surface area contributed by atoms with Crippen molar-refractivity contribution in [3.05, 3.63) is 37.8 Å². The van der Waals surface area contributed by atoms with Gasteiger partial charge in [0.2, 0.25) is 0 Å². The molecule has 0 radical (unpaired) electrons. The highest BCUT2D eigenvalue weighted by molar-refractivity contribution is 9.11. The van der Waals surface area contributed by atoms with Crippen LogP contribution in [-0.2, 0) is 16.6 Å². The summed E-state index contributed by atoms with van der Waals surface area (Å²) in [6.45, 7) is 5.50. The third kappa shape index (κ3) is 3.63. The summed E-state index contributed by atoms with van der Waals surface area (Å²) in [7, 11) is -3.31. The second kappa shape index (κ2) is 6.70. The molecule has 0 atom stereocenters. The third-order valence-corrected chi connectivity index (χ3v) is 8.62. The van der Waals surface area contributed by atoms with Gasteiger partial charge in [0.25, 0.3) is 10.0 Å². The third-order valence-electron chi connectivity index (χ3n) is 3.65. The maximum absolute atomic E-state index is 12.6. The van der Waals surface area contributed by atoms with Gasteiger partial charge in [-0.3, -0.25) is 4.90 Å². The summed E-state index contributed by atoms with van der Waals surface area (Å²) < 4.78 is 28.4. The standard InChI is InChI=1S/C14H17BrN2O2S3/c1-11-2-5-14(20-11)22(18,19)17-8-6-16(7-9-17)10-12-3-4-13(15)21-12/h2-5H,6-10H2,1H3. The van der Waals surface area contributed by atoms with E-state index < -0.39 is 10.0 Å². The molecule has 0 spiro atoms. The highest BCUT2D eigenvalue weighted by Gasteiger charge is 2.29. The van der Waals surface area contributed by atoms with Crippen molar-refractivity contribution in [3.63, 3.8) is 0 Å². The van der Waals surface area contributed by atoms with Crippen molar-refractivity contribution in [2.24, 2.45) is 0 Å². The summed E-state index contributed by atoms with van der Waals surface area (Å²) in [6.07, 6.45) is 0. The minimum absolute atomic E-state index is 0.459. The van der Waals surface area contributed by atoms with Crippen LogP contribution in [0.1, 0.15) is 9.75 Å². The molecule has 3 rings (SSSR count). The van der Waals surface area contributed by atoms with Gasteiger partial charge in [0.05, 0.1) is 3.79 Å². The van der Waals surface area contributed by atoms with E-state index in [9.17, 15) is 8.42 Å². The number of piperazine rings is 1. The fourth-order valence-corrected chi connectivity index (χ4v) is 6.85. The molecular weight excluding hydrogens is 404 g/mol. The molecule has 2 aromatic heterocycles. The zero-order valence-electron chi connectivity index (χ0n) is 12.2. The van der Waals surface area contributed by atoms with Gasteiger partial charge in [-0.05, 0) is 47.1 Å². The summed E-state index contributed by atoms with van der Waals surface area (Å²) in [4.78, 5) is 4.64. The predicted octanol–water partition coefficient (Wildman–Crippen LogP) is 3.39. The van der Waals surface area contributed by atoms with Crippen molar-refractivity contribution in [1.82, 2.24) is 9.21 Å². The lowest BCUT2D eigenvalue weighted by molar-refractivity contribution is 0.183. The number of aryl methyl sites for hydroxylation is 1. The lowest BCUT2D eigenvalue weighted by Crippen LogP contribution is -2.47. The predicted molar refractivity (Wildman–Crippen MR) is 95.1 cm³/mol. The van der Waals surface area contributed by atoms with Gasteiger partial charge in [0.1, 0.15) is 4.21 Å². The normalized spacial score (nSPS) is 17.9. The van der Waals surface area contributed by atoms with Crippen molar-refractivity contribution in [3.8, 4) is 0 Å². The molecule has 4 nitrogen and oxygen atoms in total. The number of rotatable bonds is 4. The Morgan fingerprint density at radius 2 is 1.82 bits per heavy atom. The molecule has 120 valence electrons. The van der Waals surface area contributed by atoms with Gasteiger partial charge >= 0.3 is 0 Å². The minimum atomic E-state index is -3.31. The number of nitrogens with zero attached hydrogens (tertiary/aromatic N) is 2. The van der Waals surface area contributed by atoms with Gasteiger partial charge in [-0.25, -0.2) is 8.42 Å². The molecule has 0 bridgehead atoms. The molecule has 1 aliphatic heterocycles. The average molecular weight is 421 g/mol. The number of hydrogen-bond acceptors (Lipinski definition) is 5. The number of thiophene rings is 2. The molecule has 2 aromatic rings. The molecule has 8 heteroatoms. The van der Waals surface area contributed by atoms with Crippen LogP contribution in [0.25, 0.3) is 0 Å². The maximum atomic E-state index is 12.6. The molecule has 1 aliphatic rings. The molecule has 0 aliphatic carbocycles. The van der Waals surface area contributed by atoms with Crippen LogP contribution in [0.2, 0.25) is 0 Å². The van der Waals surface area contributed by atoms with E-state index in [4.69, 9.17) is 0 Å². The molecule has 22 heavy (non-hydrogen) atoms. The Hall–Kier alpha value is -0.250. The first-order chi connectivity index (χ1) is 10.4. The van der Waals surface area contributed by atoms with E-state index in [0.717, 1.165) is 28.3 Å². The monoisotopic (exact) mass is 420 g/mol.